The molecule has 5 atom stereocenters. The van der Waals surface area contributed by atoms with Gasteiger partial charge in [-0.15, -0.1) is 0 Å². The van der Waals surface area contributed by atoms with Gasteiger partial charge in [0.25, 0.3) is 0 Å². The van der Waals surface area contributed by atoms with Crippen molar-refractivity contribution in [1.29, 1.82) is 0 Å². The standard InChI is InChI=1S/C33H31F3O4S/c34-33(35,36)31-29(38-22-25-15-7-2-8-16-25)28(37-21-24-13-5-1-6-14-24)30(39-23-26-17-9-3-10-18-26)32(40-31)41-27-19-11-4-12-20-27/h1-20,28-32H,21-23H2/t28-,29-,30-,31-,32-/m1/s1. The molecule has 0 bridgehead atoms. The molecule has 4 aromatic rings. The van der Waals surface area contributed by atoms with E-state index in [1.165, 1.54) is 11.8 Å². The minimum absolute atomic E-state index is 0.0332. The average Bonchev–Trinajstić information content (AvgIpc) is 3.00. The van der Waals surface area contributed by atoms with Crippen molar-refractivity contribution in [3.05, 3.63) is 138 Å². The molecule has 0 N–H and O–H groups in total. The number of alkyl halides is 3. The Morgan fingerprint density at radius 2 is 0.927 bits per heavy atom. The molecular formula is C33H31F3O4S. The van der Waals surface area contributed by atoms with Crippen molar-refractivity contribution >= 4 is 11.8 Å². The first-order valence-corrected chi connectivity index (χ1v) is 14.3. The molecule has 0 aromatic heterocycles. The largest absolute Gasteiger partial charge is 0.417 e. The van der Waals surface area contributed by atoms with Crippen LogP contribution in [0.15, 0.2) is 126 Å². The van der Waals surface area contributed by atoms with Crippen molar-refractivity contribution in [3.63, 3.8) is 0 Å². The van der Waals surface area contributed by atoms with E-state index in [9.17, 15) is 13.2 Å². The molecule has 0 radical (unpaired) electrons. The Bertz CT molecular complexity index is 1310. The summed E-state index contributed by atoms with van der Waals surface area (Å²) in [5, 5.41) is 0. The summed E-state index contributed by atoms with van der Waals surface area (Å²) in [6, 6.07) is 37.1. The summed E-state index contributed by atoms with van der Waals surface area (Å²) in [5.74, 6) is 0. The van der Waals surface area contributed by atoms with Crippen LogP contribution < -0.4 is 0 Å². The monoisotopic (exact) mass is 580 g/mol. The molecular weight excluding hydrogens is 549 g/mol. The summed E-state index contributed by atoms with van der Waals surface area (Å²) in [6.45, 7) is 0.234. The number of thioether (sulfide) groups is 1. The van der Waals surface area contributed by atoms with Gasteiger partial charge in [-0.3, -0.25) is 0 Å². The zero-order chi connectivity index (χ0) is 28.5. The Morgan fingerprint density at radius 3 is 1.37 bits per heavy atom. The Hall–Kier alpha value is -3.14. The molecule has 0 saturated carbocycles. The Balaban J connectivity index is 1.49. The molecule has 214 valence electrons. The molecule has 0 amide bonds. The van der Waals surface area contributed by atoms with Crippen LogP contribution in [0.2, 0.25) is 0 Å². The van der Waals surface area contributed by atoms with Gasteiger partial charge in [0, 0.05) is 4.90 Å². The number of hydrogen-bond donors (Lipinski definition) is 0. The number of ether oxygens (including phenoxy) is 4. The van der Waals surface area contributed by atoms with Gasteiger partial charge in [0.05, 0.1) is 19.8 Å². The molecule has 0 aliphatic carbocycles. The van der Waals surface area contributed by atoms with Crippen LogP contribution in [-0.4, -0.2) is 36.0 Å². The molecule has 0 spiro atoms. The van der Waals surface area contributed by atoms with Crippen LogP contribution in [0.25, 0.3) is 0 Å². The zero-order valence-corrected chi connectivity index (χ0v) is 23.0. The molecule has 1 aliphatic rings. The van der Waals surface area contributed by atoms with Crippen molar-refractivity contribution in [2.45, 2.75) is 60.7 Å². The van der Waals surface area contributed by atoms with E-state index >= 15 is 0 Å². The predicted octanol–water partition coefficient (Wildman–Crippen LogP) is 7.82. The molecule has 1 aliphatic heterocycles. The molecule has 8 heteroatoms. The number of hydrogen-bond acceptors (Lipinski definition) is 5. The fraction of sp³-hybridized carbons (Fsp3) is 0.273. The first-order chi connectivity index (χ1) is 20.0. The lowest BCUT2D eigenvalue weighted by Crippen LogP contribution is -2.63. The number of rotatable bonds is 11. The van der Waals surface area contributed by atoms with Crippen molar-refractivity contribution < 1.29 is 32.1 Å². The number of benzene rings is 4. The van der Waals surface area contributed by atoms with E-state index in [4.69, 9.17) is 18.9 Å². The normalized spacial score (nSPS) is 22.9. The summed E-state index contributed by atoms with van der Waals surface area (Å²) >= 11 is 1.19. The summed E-state index contributed by atoms with van der Waals surface area (Å²) in [4.78, 5) is 0.761. The second-order valence-electron chi connectivity index (χ2n) is 9.68. The Labute approximate surface area is 242 Å². The van der Waals surface area contributed by atoms with E-state index in [1.807, 2.05) is 121 Å². The molecule has 1 saturated heterocycles. The van der Waals surface area contributed by atoms with Crippen LogP contribution in [0.5, 0.6) is 0 Å². The van der Waals surface area contributed by atoms with Gasteiger partial charge in [0.1, 0.15) is 23.7 Å². The molecule has 4 aromatic carbocycles. The lowest BCUT2D eigenvalue weighted by molar-refractivity contribution is -0.317. The number of halogens is 3. The SMILES string of the molecule is FC(F)(F)[C@@H]1O[C@H](Sc2ccccc2)[C@H](OCc2ccccc2)[C@H](OCc2ccccc2)[C@H]1OCc1ccccc1. The average molecular weight is 581 g/mol. The summed E-state index contributed by atoms with van der Waals surface area (Å²) in [6.07, 6.45) is -10.3. The third kappa shape index (κ3) is 8.21. The first-order valence-electron chi connectivity index (χ1n) is 13.4. The van der Waals surface area contributed by atoms with Gasteiger partial charge in [-0.05, 0) is 28.8 Å². The molecule has 0 unspecified atom stereocenters. The van der Waals surface area contributed by atoms with E-state index < -0.39 is 36.0 Å². The van der Waals surface area contributed by atoms with E-state index in [0.29, 0.717) is 0 Å². The minimum Gasteiger partial charge on any atom is -0.368 e. The van der Waals surface area contributed by atoms with Gasteiger partial charge in [0.15, 0.2) is 6.10 Å². The highest BCUT2D eigenvalue weighted by Crippen LogP contribution is 2.42. The maximum Gasteiger partial charge on any atom is 0.417 e. The van der Waals surface area contributed by atoms with Crippen LogP contribution in [0.4, 0.5) is 13.2 Å². The second-order valence-corrected chi connectivity index (χ2v) is 10.9. The molecule has 1 heterocycles. The van der Waals surface area contributed by atoms with Crippen LogP contribution in [0, 0.1) is 0 Å². The van der Waals surface area contributed by atoms with E-state index in [0.717, 1.165) is 21.6 Å². The maximum atomic E-state index is 14.6. The topological polar surface area (TPSA) is 36.9 Å². The highest BCUT2D eigenvalue weighted by atomic mass is 32.2. The van der Waals surface area contributed by atoms with Crippen molar-refractivity contribution in [3.8, 4) is 0 Å². The lowest BCUT2D eigenvalue weighted by atomic mass is 9.98. The van der Waals surface area contributed by atoms with Crippen LogP contribution in [0.1, 0.15) is 16.7 Å². The Morgan fingerprint density at radius 1 is 0.537 bits per heavy atom. The van der Waals surface area contributed by atoms with Crippen LogP contribution in [0.3, 0.4) is 0 Å². The summed E-state index contributed by atoms with van der Waals surface area (Å²) in [7, 11) is 0. The minimum atomic E-state index is -4.70. The smallest absolute Gasteiger partial charge is 0.368 e. The van der Waals surface area contributed by atoms with Gasteiger partial charge < -0.3 is 18.9 Å². The third-order valence-electron chi connectivity index (χ3n) is 6.67. The van der Waals surface area contributed by atoms with Gasteiger partial charge >= 0.3 is 6.18 Å². The van der Waals surface area contributed by atoms with Gasteiger partial charge in [-0.25, -0.2) is 0 Å². The van der Waals surface area contributed by atoms with Gasteiger partial charge in [-0.2, -0.15) is 13.2 Å². The maximum absolute atomic E-state index is 14.6. The molecule has 1 fully saturated rings. The van der Waals surface area contributed by atoms with Crippen molar-refractivity contribution in [2.75, 3.05) is 0 Å². The first kappa shape index (κ1) is 29.4. The van der Waals surface area contributed by atoms with E-state index in [1.54, 1.807) is 0 Å². The zero-order valence-electron chi connectivity index (χ0n) is 22.2. The highest BCUT2D eigenvalue weighted by molar-refractivity contribution is 7.99. The second kappa shape index (κ2) is 14.2. The fourth-order valence-electron chi connectivity index (χ4n) is 4.65. The summed E-state index contributed by atoms with van der Waals surface area (Å²) < 4.78 is 68.5. The van der Waals surface area contributed by atoms with Gasteiger partial charge in [0.2, 0.25) is 0 Å². The quantitative estimate of drug-likeness (QED) is 0.181. The van der Waals surface area contributed by atoms with Gasteiger partial charge in [-0.1, -0.05) is 121 Å². The Kier molecular flexibility index (Phi) is 10.1. The van der Waals surface area contributed by atoms with Crippen LogP contribution >= 0.6 is 11.8 Å². The summed E-state index contributed by atoms with van der Waals surface area (Å²) in [5.41, 5.74) is 1.46. The lowest BCUT2D eigenvalue weighted by Gasteiger charge is -2.46. The fourth-order valence-corrected chi connectivity index (χ4v) is 5.78. The molecule has 5 rings (SSSR count). The van der Waals surface area contributed by atoms with E-state index in [-0.39, 0.29) is 19.8 Å². The molecule has 41 heavy (non-hydrogen) atoms. The molecule has 4 nitrogen and oxygen atoms in total. The highest BCUT2D eigenvalue weighted by Gasteiger charge is 2.58. The van der Waals surface area contributed by atoms with Crippen LogP contribution in [-0.2, 0) is 38.8 Å². The third-order valence-corrected chi connectivity index (χ3v) is 7.82. The predicted molar refractivity (Wildman–Crippen MR) is 152 cm³/mol. The van der Waals surface area contributed by atoms with E-state index in [2.05, 4.69) is 0 Å². The van der Waals surface area contributed by atoms with Crippen molar-refractivity contribution in [2.24, 2.45) is 0 Å². The van der Waals surface area contributed by atoms with Crippen molar-refractivity contribution in [1.82, 2.24) is 0 Å².